The number of para-hydroxylation sites is 2. The molecule has 104 valence electrons. The van der Waals surface area contributed by atoms with Crippen molar-refractivity contribution in [1.29, 1.82) is 0 Å². The first kappa shape index (κ1) is 13.9. The molecule has 0 aliphatic rings. The lowest BCUT2D eigenvalue weighted by atomic mass is 10.3. The summed E-state index contributed by atoms with van der Waals surface area (Å²) in [6, 6.07) is 12.6. The number of anilines is 1. The molecule has 0 spiro atoms. The van der Waals surface area contributed by atoms with Crippen molar-refractivity contribution >= 4 is 11.7 Å². The van der Waals surface area contributed by atoms with Crippen molar-refractivity contribution in [2.24, 2.45) is 0 Å². The number of hydrogen-bond donors (Lipinski definition) is 1. The maximum atomic E-state index is 11.8. The number of pyridine rings is 1. The molecule has 20 heavy (non-hydrogen) atoms. The summed E-state index contributed by atoms with van der Waals surface area (Å²) in [5.41, 5.74) is 0.841. The fourth-order valence-corrected chi connectivity index (χ4v) is 1.67. The summed E-state index contributed by atoms with van der Waals surface area (Å²) in [6.07, 6.45) is 0. The van der Waals surface area contributed by atoms with E-state index in [4.69, 9.17) is 9.47 Å². The van der Waals surface area contributed by atoms with Crippen LogP contribution in [0.5, 0.6) is 11.5 Å². The van der Waals surface area contributed by atoms with Gasteiger partial charge in [-0.25, -0.2) is 4.98 Å². The summed E-state index contributed by atoms with van der Waals surface area (Å²) < 4.78 is 10.6. The average Bonchev–Trinajstić information content (AvgIpc) is 2.45. The zero-order chi connectivity index (χ0) is 14.4. The van der Waals surface area contributed by atoms with Crippen molar-refractivity contribution in [3.05, 3.63) is 48.2 Å². The van der Waals surface area contributed by atoms with Gasteiger partial charge >= 0.3 is 0 Å². The lowest BCUT2D eigenvalue weighted by molar-refractivity contribution is -0.118. The Morgan fingerprint density at radius 3 is 2.60 bits per heavy atom. The van der Waals surface area contributed by atoms with Gasteiger partial charge in [0.05, 0.1) is 7.11 Å². The molecule has 1 aromatic carbocycles. The van der Waals surface area contributed by atoms with Gasteiger partial charge in [0, 0.05) is 5.69 Å². The van der Waals surface area contributed by atoms with E-state index < -0.39 is 0 Å². The number of benzene rings is 1. The lowest BCUT2D eigenvalue weighted by Crippen LogP contribution is -2.21. The topological polar surface area (TPSA) is 60.5 Å². The highest BCUT2D eigenvalue weighted by atomic mass is 16.5. The van der Waals surface area contributed by atoms with Crippen molar-refractivity contribution in [2.45, 2.75) is 6.92 Å². The van der Waals surface area contributed by atoms with E-state index in [1.165, 1.54) is 0 Å². The minimum Gasteiger partial charge on any atom is -0.493 e. The summed E-state index contributed by atoms with van der Waals surface area (Å²) in [4.78, 5) is 16.0. The fourth-order valence-electron chi connectivity index (χ4n) is 1.67. The van der Waals surface area contributed by atoms with Gasteiger partial charge in [0.15, 0.2) is 18.1 Å². The van der Waals surface area contributed by atoms with Crippen LogP contribution in [0.15, 0.2) is 42.5 Å². The van der Waals surface area contributed by atoms with E-state index in [1.807, 2.05) is 31.2 Å². The smallest absolute Gasteiger partial charge is 0.263 e. The molecular weight excluding hydrogens is 256 g/mol. The van der Waals surface area contributed by atoms with Crippen molar-refractivity contribution in [3.63, 3.8) is 0 Å². The van der Waals surface area contributed by atoms with Gasteiger partial charge in [0.2, 0.25) is 0 Å². The first-order valence-electron chi connectivity index (χ1n) is 6.18. The van der Waals surface area contributed by atoms with Crippen LogP contribution >= 0.6 is 0 Å². The number of aromatic nitrogens is 1. The van der Waals surface area contributed by atoms with Crippen LogP contribution in [0.2, 0.25) is 0 Å². The fraction of sp³-hybridized carbons (Fsp3) is 0.200. The van der Waals surface area contributed by atoms with Gasteiger partial charge in [-0.1, -0.05) is 18.2 Å². The van der Waals surface area contributed by atoms with Crippen LogP contribution in [0, 0.1) is 6.92 Å². The number of carbonyl (C=O) groups excluding carboxylic acids is 1. The third-order valence-electron chi connectivity index (χ3n) is 2.58. The highest BCUT2D eigenvalue weighted by Crippen LogP contribution is 2.25. The second kappa shape index (κ2) is 6.56. The number of carbonyl (C=O) groups is 1. The number of hydrogen-bond acceptors (Lipinski definition) is 4. The van der Waals surface area contributed by atoms with Crippen molar-refractivity contribution in [3.8, 4) is 11.5 Å². The van der Waals surface area contributed by atoms with Crippen LogP contribution in [-0.4, -0.2) is 24.6 Å². The number of amides is 1. The maximum Gasteiger partial charge on any atom is 0.263 e. The molecule has 0 radical (unpaired) electrons. The number of methoxy groups -OCH3 is 1. The molecule has 1 N–H and O–H groups in total. The third kappa shape index (κ3) is 3.71. The van der Waals surface area contributed by atoms with Crippen LogP contribution in [0.3, 0.4) is 0 Å². The Morgan fingerprint density at radius 1 is 1.15 bits per heavy atom. The summed E-state index contributed by atoms with van der Waals surface area (Å²) in [5, 5.41) is 2.67. The van der Waals surface area contributed by atoms with Gasteiger partial charge in [-0.05, 0) is 31.2 Å². The molecule has 5 heteroatoms. The Bertz CT molecular complexity index is 599. The summed E-state index contributed by atoms with van der Waals surface area (Å²) >= 11 is 0. The van der Waals surface area contributed by atoms with Gasteiger partial charge in [-0.2, -0.15) is 0 Å². The minimum atomic E-state index is -0.269. The van der Waals surface area contributed by atoms with E-state index in [0.717, 1.165) is 5.69 Å². The molecule has 1 aromatic heterocycles. The van der Waals surface area contributed by atoms with E-state index in [-0.39, 0.29) is 12.5 Å². The first-order valence-corrected chi connectivity index (χ1v) is 6.18. The van der Waals surface area contributed by atoms with Gasteiger partial charge in [0.1, 0.15) is 5.82 Å². The largest absolute Gasteiger partial charge is 0.493 e. The van der Waals surface area contributed by atoms with Crippen LogP contribution in [0.1, 0.15) is 5.69 Å². The van der Waals surface area contributed by atoms with Gasteiger partial charge in [-0.3, -0.25) is 4.79 Å². The summed E-state index contributed by atoms with van der Waals surface area (Å²) in [5.74, 6) is 1.36. The first-order chi connectivity index (χ1) is 9.69. The molecular formula is C15H16N2O3. The lowest BCUT2D eigenvalue weighted by Gasteiger charge is -2.10. The predicted octanol–water partition coefficient (Wildman–Crippen LogP) is 2.42. The number of nitrogens with zero attached hydrogens (tertiary/aromatic N) is 1. The standard InChI is InChI=1S/C15H16N2O3/c1-11-6-5-9-14(16-11)17-15(18)10-20-13-8-4-3-7-12(13)19-2/h3-9H,10H2,1-2H3,(H,16,17,18). The number of rotatable bonds is 5. The zero-order valence-electron chi connectivity index (χ0n) is 11.4. The van der Waals surface area contributed by atoms with E-state index in [2.05, 4.69) is 10.3 Å². The van der Waals surface area contributed by atoms with Gasteiger partial charge in [-0.15, -0.1) is 0 Å². The Hall–Kier alpha value is -2.56. The van der Waals surface area contributed by atoms with Crippen molar-refractivity contribution in [1.82, 2.24) is 4.98 Å². The highest BCUT2D eigenvalue weighted by molar-refractivity contribution is 5.90. The molecule has 0 saturated heterocycles. The maximum absolute atomic E-state index is 11.8. The zero-order valence-corrected chi connectivity index (χ0v) is 11.4. The molecule has 0 saturated carbocycles. The number of aryl methyl sites for hydroxylation is 1. The molecule has 1 heterocycles. The van der Waals surface area contributed by atoms with Crippen LogP contribution in [0.4, 0.5) is 5.82 Å². The highest BCUT2D eigenvalue weighted by Gasteiger charge is 2.07. The SMILES string of the molecule is COc1ccccc1OCC(=O)Nc1cccc(C)n1. The van der Waals surface area contributed by atoms with Gasteiger partial charge < -0.3 is 14.8 Å². The normalized spacial score (nSPS) is 9.90. The Kier molecular flexibility index (Phi) is 4.55. The quantitative estimate of drug-likeness (QED) is 0.908. The molecule has 0 atom stereocenters. The number of ether oxygens (including phenoxy) is 2. The van der Waals surface area contributed by atoms with E-state index in [1.54, 1.807) is 25.3 Å². The molecule has 5 nitrogen and oxygen atoms in total. The Balaban J connectivity index is 1.92. The Morgan fingerprint density at radius 2 is 1.90 bits per heavy atom. The third-order valence-corrected chi connectivity index (χ3v) is 2.58. The second-order valence-corrected chi connectivity index (χ2v) is 4.15. The van der Waals surface area contributed by atoms with Crippen molar-refractivity contribution in [2.75, 3.05) is 19.0 Å². The van der Waals surface area contributed by atoms with Crippen LogP contribution in [-0.2, 0) is 4.79 Å². The minimum absolute atomic E-state index is 0.101. The van der Waals surface area contributed by atoms with Crippen molar-refractivity contribution < 1.29 is 14.3 Å². The second-order valence-electron chi connectivity index (χ2n) is 4.15. The molecule has 1 amide bonds. The van der Waals surface area contributed by atoms with E-state index in [0.29, 0.717) is 17.3 Å². The molecule has 0 aliphatic carbocycles. The molecule has 2 rings (SSSR count). The van der Waals surface area contributed by atoms with E-state index in [9.17, 15) is 4.79 Å². The monoisotopic (exact) mass is 272 g/mol. The molecule has 0 fully saturated rings. The molecule has 0 bridgehead atoms. The van der Waals surface area contributed by atoms with Crippen LogP contribution < -0.4 is 14.8 Å². The number of nitrogens with one attached hydrogen (secondary N) is 1. The molecule has 0 aliphatic heterocycles. The summed E-state index contributed by atoms with van der Waals surface area (Å²) in [7, 11) is 1.55. The summed E-state index contributed by atoms with van der Waals surface area (Å²) in [6.45, 7) is 1.76. The van der Waals surface area contributed by atoms with Crippen LogP contribution in [0.25, 0.3) is 0 Å². The van der Waals surface area contributed by atoms with Gasteiger partial charge in [0.25, 0.3) is 5.91 Å². The predicted molar refractivity (Wildman–Crippen MR) is 76.1 cm³/mol. The molecule has 0 unspecified atom stereocenters. The molecule has 2 aromatic rings. The average molecular weight is 272 g/mol. The Labute approximate surface area is 117 Å². The van der Waals surface area contributed by atoms with E-state index >= 15 is 0 Å².